The van der Waals surface area contributed by atoms with Crippen molar-refractivity contribution in [3.8, 4) is 22.8 Å². The Hall–Kier alpha value is -4.08. The van der Waals surface area contributed by atoms with Crippen LogP contribution in [0, 0.1) is 5.41 Å². The minimum absolute atomic E-state index is 0.0591. The summed E-state index contributed by atoms with van der Waals surface area (Å²) in [7, 11) is 1.49. The Morgan fingerprint density at radius 2 is 1.79 bits per heavy atom. The van der Waals surface area contributed by atoms with Gasteiger partial charge >= 0.3 is 12.1 Å². The van der Waals surface area contributed by atoms with Crippen molar-refractivity contribution >= 4 is 17.4 Å². The van der Waals surface area contributed by atoms with Gasteiger partial charge in [-0.2, -0.15) is 13.2 Å². The molecule has 1 amide bonds. The lowest BCUT2D eigenvalue weighted by Gasteiger charge is -2.24. The molecule has 0 bridgehead atoms. The number of aryl methyl sites for hydroxylation is 1. The number of carbonyl (C=O) groups excluding carboxylic acids is 1. The summed E-state index contributed by atoms with van der Waals surface area (Å²) < 4.78 is 44.8. The van der Waals surface area contributed by atoms with Gasteiger partial charge in [0, 0.05) is 35.6 Å². The van der Waals surface area contributed by atoms with Crippen molar-refractivity contribution in [1.82, 2.24) is 4.98 Å². The molecule has 0 saturated heterocycles. The highest BCUT2D eigenvalue weighted by Crippen LogP contribution is 2.28. The molecule has 10 heteroatoms. The van der Waals surface area contributed by atoms with Gasteiger partial charge in [-0.25, -0.2) is 4.98 Å². The van der Waals surface area contributed by atoms with Crippen molar-refractivity contribution in [1.29, 1.82) is 5.41 Å². The highest BCUT2D eigenvalue weighted by Gasteiger charge is 2.42. The van der Waals surface area contributed by atoms with Crippen molar-refractivity contribution < 1.29 is 27.8 Å². The maximum Gasteiger partial charge on any atom is 0.471 e. The molecule has 0 aliphatic heterocycles. The molecule has 0 aliphatic carbocycles. The number of nitrogens with zero attached hydrogens (tertiary/aromatic N) is 2. The number of amidine groups is 1. The van der Waals surface area contributed by atoms with Crippen LogP contribution in [0.3, 0.4) is 0 Å². The maximum absolute atomic E-state index is 13.3. The van der Waals surface area contributed by atoms with Gasteiger partial charge in [-0.15, -0.1) is 0 Å². The number of hydrogen-bond acceptors (Lipinski definition) is 5. The average Bonchev–Trinajstić information content (AvgIpc) is 2.82. The van der Waals surface area contributed by atoms with E-state index < -0.39 is 12.1 Å². The smallest absolute Gasteiger partial charge is 0.471 e. The number of ether oxygens (including phenoxy) is 1. The van der Waals surface area contributed by atoms with Crippen LogP contribution in [0.2, 0.25) is 0 Å². The Balaban J connectivity index is 1.79. The summed E-state index contributed by atoms with van der Waals surface area (Å²) in [6.07, 6.45) is -3.14. The first-order valence-electron chi connectivity index (χ1n) is 10.3. The van der Waals surface area contributed by atoms with Gasteiger partial charge < -0.3 is 20.5 Å². The minimum atomic E-state index is -5.05. The first-order chi connectivity index (χ1) is 16.1. The molecule has 34 heavy (non-hydrogen) atoms. The third-order valence-corrected chi connectivity index (χ3v) is 5.16. The molecule has 7 nitrogen and oxygen atoms in total. The lowest BCUT2D eigenvalue weighted by Crippen LogP contribution is -2.42. The fraction of sp³-hybridized carbons (Fsp3) is 0.208. The van der Waals surface area contributed by atoms with Gasteiger partial charge in [0.1, 0.15) is 11.6 Å². The Morgan fingerprint density at radius 1 is 1.12 bits per heavy atom. The van der Waals surface area contributed by atoms with Crippen molar-refractivity contribution in [3.05, 3.63) is 71.9 Å². The molecule has 0 atom stereocenters. The van der Waals surface area contributed by atoms with E-state index in [1.54, 1.807) is 30.5 Å². The predicted molar refractivity (Wildman–Crippen MR) is 122 cm³/mol. The SMILES string of the molecule is COc1ccc(-c2ccc(N(CCCc3cc(C(=N)N)ccc3O)C(=O)C(F)(F)F)cc2)cn1. The molecule has 0 spiro atoms. The Kier molecular flexibility index (Phi) is 7.40. The van der Waals surface area contributed by atoms with E-state index in [2.05, 4.69) is 4.98 Å². The van der Waals surface area contributed by atoms with E-state index in [4.69, 9.17) is 15.9 Å². The second kappa shape index (κ2) is 10.2. The van der Waals surface area contributed by atoms with E-state index in [0.717, 1.165) is 5.56 Å². The van der Waals surface area contributed by atoms with Gasteiger partial charge in [-0.05, 0) is 60.4 Å². The van der Waals surface area contributed by atoms with Gasteiger partial charge in [0.2, 0.25) is 5.88 Å². The molecule has 0 fully saturated rings. The number of carbonyl (C=O) groups is 1. The van der Waals surface area contributed by atoms with Crippen LogP contribution in [0.15, 0.2) is 60.8 Å². The van der Waals surface area contributed by atoms with Crippen LogP contribution in [-0.4, -0.2) is 41.7 Å². The molecular formula is C24H23F3N4O3. The number of phenols is 1. The number of methoxy groups -OCH3 is 1. The highest BCUT2D eigenvalue weighted by molar-refractivity contribution is 5.97. The number of pyridine rings is 1. The summed E-state index contributed by atoms with van der Waals surface area (Å²) in [6, 6.07) is 13.9. The zero-order valence-corrected chi connectivity index (χ0v) is 18.3. The van der Waals surface area contributed by atoms with Crippen LogP contribution >= 0.6 is 0 Å². The van der Waals surface area contributed by atoms with Crippen molar-refractivity contribution in [3.63, 3.8) is 0 Å². The van der Waals surface area contributed by atoms with Gasteiger partial charge in [-0.1, -0.05) is 12.1 Å². The molecule has 4 N–H and O–H groups in total. The van der Waals surface area contributed by atoms with Crippen LogP contribution < -0.4 is 15.4 Å². The van der Waals surface area contributed by atoms with Crippen LogP contribution in [0.25, 0.3) is 11.1 Å². The van der Waals surface area contributed by atoms with Gasteiger partial charge in [0.15, 0.2) is 0 Å². The number of nitrogens with two attached hydrogens (primary N) is 1. The third-order valence-electron chi connectivity index (χ3n) is 5.16. The molecule has 2 aromatic carbocycles. The summed E-state index contributed by atoms with van der Waals surface area (Å²) in [5, 5.41) is 17.5. The number of anilines is 1. The zero-order valence-electron chi connectivity index (χ0n) is 18.3. The maximum atomic E-state index is 13.3. The number of phenolic OH excluding ortho intramolecular Hbond substituents is 1. The molecular weight excluding hydrogens is 449 g/mol. The second-order valence-corrected chi connectivity index (χ2v) is 7.45. The number of nitrogen functional groups attached to an aromatic ring is 1. The standard InChI is InChI=1S/C24H23F3N4O3/c1-34-21-11-7-18(14-30-21)15-4-8-19(9-5-15)31(23(33)24(25,26)27)12-2-3-16-13-17(22(28)29)6-10-20(16)32/h4-11,13-14,32H,2-3,12H2,1H3,(H3,28,29). The van der Waals surface area contributed by atoms with Crippen LogP contribution in [-0.2, 0) is 11.2 Å². The number of aromatic hydroxyl groups is 1. The Morgan fingerprint density at radius 3 is 2.35 bits per heavy atom. The van der Waals surface area contributed by atoms with Gasteiger partial charge in [0.25, 0.3) is 0 Å². The fourth-order valence-corrected chi connectivity index (χ4v) is 3.39. The normalized spacial score (nSPS) is 11.2. The highest BCUT2D eigenvalue weighted by atomic mass is 19.4. The number of nitrogens with one attached hydrogen (secondary N) is 1. The minimum Gasteiger partial charge on any atom is -0.508 e. The van der Waals surface area contributed by atoms with Crippen molar-refractivity contribution in [2.24, 2.45) is 5.73 Å². The Bertz CT molecular complexity index is 1160. The lowest BCUT2D eigenvalue weighted by molar-refractivity contribution is -0.170. The average molecular weight is 472 g/mol. The van der Waals surface area contributed by atoms with E-state index in [1.165, 1.54) is 37.4 Å². The molecule has 1 heterocycles. The van der Waals surface area contributed by atoms with E-state index in [-0.39, 0.29) is 36.7 Å². The quantitative estimate of drug-likeness (QED) is 0.335. The predicted octanol–water partition coefficient (Wildman–Crippen LogP) is 4.27. The van der Waals surface area contributed by atoms with E-state index in [1.807, 2.05) is 0 Å². The van der Waals surface area contributed by atoms with Crippen LogP contribution in [0.4, 0.5) is 18.9 Å². The number of aromatic nitrogens is 1. The summed E-state index contributed by atoms with van der Waals surface area (Å²) in [5.41, 5.74) is 7.81. The molecule has 0 saturated carbocycles. The molecule has 3 aromatic rings. The first-order valence-corrected chi connectivity index (χ1v) is 10.3. The number of rotatable bonds is 8. The number of amides is 1. The third kappa shape index (κ3) is 5.83. The van der Waals surface area contributed by atoms with Crippen LogP contribution in [0.5, 0.6) is 11.6 Å². The fourth-order valence-electron chi connectivity index (χ4n) is 3.39. The molecule has 0 radical (unpaired) electrons. The second-order valence-electron chi connectivity index (χ2n) is 7.45. The first kappa shape index (κ1) is 24.6. The zero-order chi connectivity index (χ0) is 24.9. The molecule has 3 rings (SSSR count). The summed E-state index contributed by atoms with van der Waals surface area (Å²) in [4.78, 5) is 16.9. The number of halogens is 3. The number of alkyl halides is 3. The Labute approximate surface area is 194 Å². The topological polar surface area (TPSA) is 113 Å². The molecule has 0 unspecified atom stereocenters. The lowest BCUT2D eigenvalue weighted by atomic mass is 10.0. The number of benzene rings is 2. The molecule has 0 aliphatic rings. The van der Waals surface area contributed by atoms with Gasteiger partial charge in [-0.3, -0.25) is 10.2 Å². The monoisotopic (exact) mass is 472 g/mol. The van der Waals surface area contributed by atoms with E-state index in [9.17, 15) is 23.1 Å². The largest absolute Gasteiger partial charge is 0.508 e. The van der Waals surface area contributed by atoms with E-state index >= 15 is 0 Å². The molecule has 1 aromatic heterocycles. The van der Waals surface area contributed by atoms with Crippen molar-refractivity contribution in [2.75, 3.05) is 18.6 Å². The van der Waals surface area contributed by atoms with Gasteiger partial charge in [0.05, 0.1) is 7.11 Å². The van der Waals surface area contributed by atoms with Crippen LogP contribution in [0.1, 0.15) is 17.5 Å². The summed E-state index contributed by atoms with van der Waals surface area (Å²) >= 11 is 0. The summed E-state index contributed by atoms with van der Waals surface area (Å²) in [5.74, 6) is -1.80. The van der Waals surface area contributed by atoms with E-state index in [0.29, 0.717) is 27.5 Å². The summed E-state index contributed by atoms with van der Waals surface area (Å²) in [6.45, 7) is -0.231. The van der Waals surface area contributed by atoms with Crippen molar-refractivity contribution in [2.45, 2.75) is 19.0 Å². The molecule has 178 valence electrons. The number of hydrogen-bond donors (Lipinski definition) is 3.